The molecule has 34 heavy (non-hydrogen) atoms. The number of hydrogen-bond donors (Lipinski definition) is 1. The van der Waals surface area contributed by atoms with Crippen LogP contribution in [0.15, 0.2) is 53.1 Å². The molecule has 2 aromatic heterocycles. The third-order valence-electron chi connectivity index (χ3n) is 4.57. The SMILES string of the molecule is O=C(Nc1ccn(Cc2c(F)c(F)c(F)c(F)c2F)n1)c1ccc(COc2cccc(Cl)c2)o1. The van der Waals surface area contributed by atoms with Gasteiger partial charge in [0, 0.05) is 17.3 Å². The molecule has 1 amide bonds. The number of rotatable bonds is 7. The Balaban J connectivity index is 1.40. The number of carbonyl (C=O) groups excluding carboxylic acids is 1. The van der Waals surface area contributed by atoms with Gasteiger partial charge in [0.05, 0.1) is 12.1 Å². The maximum atomic E-state index is 13.9. The molecule has 2 heterocycles. The lowest BCUT2D eigenvalue weighted by atomic mass is 10.1. The third kappa shape index (κ3) is 4.88. The van der Waals surface area contributed by atoms with E-state index in [2.05, 4.69) is 10.4 Å². The van der Waals surface area contributed by atoms with Crippen LogP contribution in [0.25, 0.3) is 0 Å². The highest BCUT2D eigenvalue weighted by Crippen LogP contribution is 2.24. The van der Waals surface area contributed by atoms with Gasteiger partial charge in [0.15, 0.2) is 34.8 Å². The molecule has 12 heteroatoms. The van der Waals surface area contributed by atoms with Crippen molar-refractivity contribution in [3.8, 4) is 5.75 Å². The van der Waals surface area contributed by atoms with Crippen LogP contribution in [0, 0.1) is 29.1 Å². The zero-order chi connectivity index (χ0) is 24.4. The van der Waals surface area contributed by atoms with Crippen LogP contribution >= 0.6 is 11.6 Å². The molecule has 4 rings (SSSR count). The molecule has 0 aliphatic rings. The highest BCUT2D eigenvalue weighted by atomic mass is 35.5. The molecule has 1 N–H and O–H groups in total. The minimum atomic E-state index is -2.25. The number of hydrogen-bond acceptors (Lipinski definition) is 4. The predicted octanol–water partition coefficient (Wildman–Crippen LogP) is 5.70. The van der Waals surface area contributed by atoms with E-state index < -0.39 is 47.1 Å². The zero-order valence-electron chi connectivity index (χ0n) is 16.9. The molecule has 0 fully saturated rings. The first-order valence-electron chi connectivity index (χ1n) is 9.55. The van der Waals surface area contributed by atoms with Crippen molar-refractivity contribution in [2.24, 2.45) is 0 Å². The van der Waals surface area contributed by atoms with Gasteiger partial charge in [-0.25, -0.2) is 22.0 Å². The summed E-state index contributed by atoms with van der Waals surface area (Å²) in [7, 11) is 0. The largest absolute Gasteiger partial charge is 0.486 e. The minimum absolute atomic E-state index is 0.0319. The van der Waals surface area contributed by atoms with E-state index in [-0.39, 0.29) is 18.2 Å². The van der Waals surface area contributed by atoms with Crippen molar-refractivity contribution < 1.29 is 35.9 Å². The van der Waals surface area contributed by atoms with Gasteiger partial charge in [-0.1, -0.05) is 17.7 Å². The molecule has 0 spiro atoms. The summed E-state index contributed by atoms with van der Waals surface area (Å²) in [6.45, 7) is -0.725. The molecule has 0 radical (unpaired) electrons. The molecule has 0 unspecified atom stereocenters. The Morgan fingerprint density at radius 3 is 2.41 bits per heavy atom. The predicted molar refractivity (Wildman–Crippen MR) is 110 cm³/mol. The van der Waals surface area contributed by atoms with E-state index in [9.17, 15) is 26.7 Å². The van der Waals surface area contributed by atoms with E-state index in [0.717, 1.165) is 4.68 Å². The second-order valence-corrected chi connectivity index (χ2v) is 7.35. The third-order valence-corrected chi connectivity index (χ3v) is 4.80. The zero-order valence-corrected chi connectivity index (χ0v) is 17.7. The molecule has 0 bridgehead atoms. The van der Waals surface area contributed by atoms with Crippen LogP contribution in [0.5, 0.6) is 5.75 Å². The van der Waals surface area contributed by atoms with Gasteiger partial charge in [-0.3, -0.25) is 9.48 Å². The molecule has 0 saturated heterocycles. The smallest absolute Gasteiger partial charge is 0.292 e. The van der Waals surface area contributed by atoms with E-state index in [4.69, 9.17) is 20.8 Å². The van der Waals surface area contributed by atoms with E-state index in [0.29, 0.717) is 16.5 Å². The van der Waals surface area contributed by atoms with Crippen molar-refractivity contribution in [1.82, 2.24) is 9.78 Å². The number of aromatic nitrogens is 2. The summed E-state index contributed by atoms with van der Waals surface area (Å²) in [5, 5.41) is 6.76. The van der Waals surface area contributed by atoms with Crippen LogP contribution in [-0.2, 0) is 13.2 Å². The summed E-state index contributed by atoms with van der Waals surface area (Å²) in [6, 6.07) is 10.9. The van der Waals surface area contributed by atoms with Crippen molar-refractivity contribution in [1.29, 1.82) is 0 Å². The molecule has 0 aliphatic heterocycles. The van der Waals surface area contributed by atoms with Crippen LogP contribution in [0.4, 0.5) is 27.8 Å². The molecular formula is C22H13ClF5N3O3. The quantitative estimate of drug-likeness (QED) is 0.202. The number of halogens is 6. The van der Waals surface area contributed by atoms with Crippen LogP contribution in [0.1, 0.15) is 21.9 Å². The molecule has 4 aromatic rings. The van der Waals surface area contributed by atoms with Crippen molar-refractivity contribution in [2.45, 2.75) is 13.2 Å². The van der Waals surface area contributed by atoms with Crippen LogP contribution in [-0.4, -0.2) is 15.7 Å². The van der Waals surface area contributed by atoms with Gasteiger partial charge < -0.3 is 14.5 Å². The van der Waals surface area contributed by atoms with Gasteiger partial charge in [-0.15, -0.1) is 0 Å². The van der Waals surface area contributed by atoms with Crippen LogP contribution in [0.3, 0.4) is 0 Å². The maximum Gasteiger partial charge on any atom is 0.292 e. The van der Waals surface area contributed by atoms with E-state index in [1.807, 2.05) is 0 Å². The highest BCUT2D eigenvalue weighted by Gasteiger charge is 2.26. The molecule has 0 atom stereocenters. The summed E-state index contributed by atoms with van der Waals surface area (Å²) < 4.78 is 79.5. The van der Waals surface area contributed by atoms with Crippen molar-refractivity contribution in [3.05, 3.63) is 99.9 Å². The summed E-state index contributed by atoms with van der Waals surface area (Å²) in [4.78, 5) is 12.4. The molecule has 0 aliphatic carbocycles. The standard InChI is InChI=1S/C22H13ClF5N3O3/c23-11-2-1-3-12(8-11)33-10-13-4-5-15(34-13)22(32)29-16-6-7-31(30-16)9-14-17(24)19(26)21(28)20(27)18(14)25/h1-8H,9-10H2,(H,29,30,32). The van der Waals surface area contributed by atoms with Crippen molar-refractivity contribution in [3.63, 3.8) is 0 Å². The number of furan rings is 1. The van der Waals surface area contributed by atoms with Gasteiger partial charge in [-0.2, -0.15) is 5.10 Å². The number of ether oxygens (including phenoxy) is 1. The van der Waals surface area contributed by atoms with Crippen molar-refractivity contribution in [2.75, 3.05) is 5.32 Å². The fourth-order valence-corrected chi connectivity index (χ4v) is 3.11. The van der Waals surface area contributed by atoms with Crippen LogP contribution < -0.4 is 10.1 Å². The minimum Gasteiger partial charge on any atom is -0.486 e. The lowest BCUT2D eigenvalue weighted by molar-refractivity contribution is 0.0992. The number of nitrogens with zero attached hydrogens (tertiary/aromatic N) is 2. The Morgan fingerprint density at radius 1 is 1.00 bits per heavy atom. The lowest BCUT2D eigenvalue weighted by Gasteiger charge is -2.08. The Labute approximate surface area is 193 Å². The fraction of sp³-hybridized carbons (Fsp3) is 0.0909. The average Bonchev–Trinajstić information content (AvgIpc) is 3.47. The Morgan fingerprint density at radius 2 is 1.71 bits per heavy atom. The fourth-order valence-electron chi connectivity index (χ4n) is 2.93. The second kappa shape index (κ2) is 9.56. The first kappa shape index (κ1) is 23.3. The Hall–Kier alpha value is -3.86. The van der Waals surface area contributed by atoms with Gasteiger partial charge in [-0.05, 0) is 30.3 Å². The lowest BCUT2D eigenvalue weighted by Crippen LogP contribution is -2.13. The van der Waals surface area contributed by atoms with Gasteiger partial charge in [0.25, 0.3) is 5.91 Å². The van der Waals surface area contributed by atoms with E-state index >= 15 is 0 Å². The van der Waals surface area contributed by atoms with Gasteiger partial charge >= 0.3 is 0 Å². The second-order valence-electron chi connectivity index (χ2n) is 6.91. The summed E-state index contributed by atoms with van der Waals surface area (Å²) in [5.74, 6) is -10.2. The molecule has 176 valence electrons. The topological polar surface area (TPSA) is 69.3 Å². The number of anilines is 1. The number of nitrogens with one attached hydrogen (secondary N) is 1. The average molecular weight is 498 g/mol. The monoisotopic (exact) mass is 497 g/mol. The summed E-state index contributed by atoms with van der Waals surface area (Å²) >= 11 is 5.88. The maximum absolute atomic E-state index is 13.9. The number of amides is 1. The number of benzene rings is 2. The van der Waals surface area contributed by atoms with Crippen LogP contribution in [0.2, 0.25) is 5.02 Å². The summed E-state index contributed by atoms with van der Waals surface area (Å²) in [6.07, 6.45) is 1.19. The van der Waals surface area contributed by atoms with Gasteiger partial charge in [0.2, 0.25) is 5.82 Å². The molecule has 0 saturated carbocycles. The number of carbonyl (C=O) groups is 1. The van der Waals surface area contributed by atoms with E-state index in [1.54, 1.807) is 24.3 Å². The van der Waals surface area contributed by atoms with Crippen molar-refractivity contribution >= 4 is 23.3 Å². The summed E-state index contributed by atoms with van der Waals surface area (Å²) in [5.41, 5.74) is -1.06. The molecular weight excluding hydrogens is 485 g/mol. The highest BCUT2D eigenvalue weighted by molar-refractivity contribution is 6.30. The van der Waals surface area contributed by atoms with E-state index in [1.165, 1.54) is 24.4 Å². The Bertz CT molecular complexity index is 1340. The molecule has 2 aromatic carbocycles. The first-order valence-corrected chi connectivity index (χ1v) is 9.93. The normalized spacial score (nSPS) is 11.0. The first-order chi connectivity index (χ1) is 16.2. The Kier molecular flexibility index (Phi) is 6.55. The van der Waals surface area contributed by atoms with Gasteiger partial charge in [0.1, 0.15) is 18.1 Å². The molecule has 6 nitrogen and oxygen atoms in total.